The van der Waals surface area contributed by atoms with Gasteiger partial charge in [0.05, 0.1) is 4.90 Å². The monoisotopic (exact) mass is 309 g/mol. The molecule has 5 heteroatoms. The number of aryl methyl sites for hydroxylation is 1. The molecule has 0 unspecified atom stereocenters. The SMILES string of the molecule is CCC(CC)CNS(=O)(=O)c1cc(C#CCO)ccc1C. The van der Waals surface area contributed by atoms with Gasteiger partial charge in [0.1, 0.15) is 6.61 Å². The Bertz CT molecular complexity index is 623. The van der Waals surface area contributed by atoms with Crippen molar-refractivity contribution in [2.45, 2.75) is 38.5 Å². The van der Waals surface area contributed by atoms with Crippen LogP contribution in [0.15, 0.2) is 23.1 Å². The third kappa shape index (κ3) is 5.16. The molecule has 4 nitrogen and oxygen atoms in total. The molecule has 0 saturated heterocycles. The van der Waals surface area contributed by atoms with Crippen LogP contribution in [-0.2, 0) is 10.0 Å². The molecule has 0 fully saturated rings. The van der Waals surface area contributed by atoms with Crippen LogP contribution in [0.3, 0.4) is 0 Å². The summed E-state index contributed by atoms with van der Waals surface area (Å²) < 4.78 is 27.5. The van der Waals surface area contributed by atoms with Crippen LogP contribution in [0.4, 0.5) is 0 Å². The Hall–Kier alpha value is -1.35. The lowest BCUT2D eigenvalue weighted by atomic mass is 10.0. The van der Waals surface area contributed by atoms with E-state index in [9.17, 15) is 8.42 Å². The number of hydrogen-bond acceptors (Lipinski definition) is 3. The summed E-state index contributed by atoms with van der Waals surface area (Å²) in [5, 5.41) is 8.71. The molecule has 1 aromatic rings. The van der Waals surface area contributed by atoms with E-state index >= 15 is 0 Å². The average Bonchev–Trinajstić information content (AvgIpc) is 2.47. The molecule has 0 aromatic heterocycles. The lowest BCUT2D eigenvalue weighted by molar-refractivity contribution is 0.350. The Balaban J connectivity index is 3.01. The Morgan fingerprint density at radius 2 is 1.95 bits per heavy atom. The number of aliphatic hydroxyl groups excluding tert-OH is 1. The second-order valence-corrected chi connectivity index (χ2v) is 6.71. The predicted molar refractivity (Wildman–Crippen MR) is 84.4 cm³/mol. The fraction of sp³-hybridized carbons (Fsp3) is 0.500. The molecule has 21 heavy (non-hydrogen) atoms. The van der Waals surface area contributed by atoms with Crippen LogP contribution in [-0.4, -0.2) is 26.7 Å². The van der Waals surface area contributed by atoms with Crippen molar-refractivity contribution in [2.24, 2.45) is 5.92 Å². The quantitative estimate of drug-likeness (QED) is 0.790. The van der Waals surface area contributed by atoms with Gasteiger partial charge in [0, 0.05) is 12.1 Å². The number of hydrogen-bond donors (Lipinski definition) is 2. The Labute approximate surface area is 127 Å². The standard InChI is InChI=1S/C16H23NO3S/c1-4-14(5-2)12-17-21(19,20)16-11-15(7-6-10-18)9-8-13(16)3/h8-9,11,14,17-18H,4-5,10,12H2,1-3H3. The molecule has 2 N–H and O–H groups in total. The summed E-state index contributed by atoms with van der Waals surface area (Å²) in [7, 11) is -3.53. The Kier molecular flexibility index (Phi) is 6.90. The molecule has 0 aliphatic rings. The van der Waals surface area contributed by atoms with Gasteiger partial charge in [0.2, 0.25) is 10.0 Å². The van der Waals surface area contributed by atoms with E-state index in [-0.39, 0.29) is 11.5 Å². The molecular formula is C16H23NO3S. The summed E-state index contributed by atoms with van der Waals surface area (Å²) in [6.45, 7) is 6.07. The first-order valence-corrected chi connectivity index (χ1v) is 8.63. The van der Waals surface area contributed by atoms with Gasteiger partial charge in [-0.25, -0.2) is 13.1 Å². The highest BCUT2D eigenvalue weighted by atomic mass is 32.2. The van der Waals surface area contributed by atoms with Crippen molar-refractivity contribution in [1.29, 1.82) is 0 Å². The van der Waals surface area contributed by atoms with E-state index < -0.39 is 10.0 Å². The summed E-state index contributed by atoms with van der Waals surface area (Å²) in [4.78, 5) is 0.248. The molecule has 0 aliphatic heterocycles. The van der Waals surface area contributed by atoms with Crippen LogP contribution in [0, 0.1) is 24.7 Å². The van der Waals surface area contributed by atoms with Crippen molar-refractivity contribution >= 4 is 10.0 Å². The van der Waals surface area contributed by atoms with Crippen LogP contribution in [0.25, 0.3) is 0 Å². The molecule has 0 atom stereocenters. The summed E-state index contributed by atoms with van der Waals surface area (Å²) in [5.74, 6) is 5.60. The summed E-state index contributed by atoms with van der Waals surface area (Å²) in [6.07, 6.45) is 1.89. The normalized spacial score (nSPS) is 11.3. The van der Waals surface area contributed by atoms with Gasteiger partial charge in [-0.05, 0) is 30.5 Å². The number of nitrogens with one attached hydrogen (secondary N) is 1. The lowest BCUT2D eigenvalue weighted by Crippen LogP contribution is -2.29. The van der Waals surface area contributed by atoms with E-state index in [1.54, 1.807) is 25.1 Å². The highest BCUT2D eigenvalue weighted by molar-refractivity contribution is 7.89. The maximum Gasteiger partial charge on any atom is 0.240 e. The fourth-order valence-electron chi connectivity index (χ4n) is 1.99. The van der Waals surface area contributed by atoms with E-state index in [1.165, 1.54) is 0 Å². The van der Waals surface area contributed by atoms with E-state index in [0.29, 0.717) is 23.6 Å². The van der Waals surface area contributed by atoms with Gasteiger partial charge >= 0.3 is 0 Å². The molecule has 1 aromatic carbocycles. The minimum Gasteiger partial charge on any atom is -0.384 e. The van der Waals surface area contributed by atoms with Gasteiger partial charge in [-0.2, -0.15) is 0 Å². The van der Waals surface area contributed by atoms with E-state index in [1.807, 2.05) is 0 Å². The van der Waals surface area contributed by atoms with Crippen molar-refractivity contribution in [3.63, 3.8) is 0 Å². The second kappa shape index (κ2) is 8.18. The van der Waals surface area contributed by atoms with E-state index in [2.05, 4.69) is 30.4 Å². The number of benzene rings is 1. The number of aliphatic hydroxyl groups is 1. The minimum absolute atomic E-state index is 0.247. The topological polar surface area (TPSA) is 66.4 Å². The largest absolute Gasteiger partial charge is 0.384 e. The summed E-state index contributed by atoms with van der Waals surface area (Å²) in [5.41, 5.74) is 1.26. The zero-order valence-corrected chi connectivity index (χ0v) is 13.6. The van der Waals surface area contributed by atoms with Gasteiger partial charge in [0.25, 0.3) is 0 Å². The molecule has 0 aliphatic carbocycles. The first-order chi connectivity index (χ1) is 9.94. The van der Waals surface area contributed by atoms with Crippen LogP contribution in [0.1, 0.15) is 37.8 Å². The zero-order chi connectivity index (χ0) is 15.9. The van der Waals surface area contributed by atoms with Gasteiger partial charge < -0.3 is 5.11 Å². The summed E-state index contributed by atoms with van der Waals surface area (Å²) >= 11 is 0. The van der Waals surface area contributed by atoms with Crippen LogP contribution in [0.2, 0.25) is 0 Å². The molecule has 0 heterocycles. The highest BCUT2D eigenvalue weighted by Crippen LogP contribution is 2.17. The number of rotatable bonds is 6. The molecule has 0 amide bonds. The van der Waals surface area contributed by atoms with E-state index in [0.717, 1.165) is 12.8 Å². The first kappa shape index (κ1) is 17.7. The van der Waals surface area contributed by atoms with Crippen molar-refractivity contribution in [2.75, 3.05) is 13.2 Å². The lowest BCUT2D eigenvalue weighted by Gasteiger charge is -2.15. The third-order valence-corrected chi connectivity index (χ3v) is 5.07. The van der Waals surface area contributed by atoms with Gasteiger partial charge in [-0.3, -0.25) is 0 Å². The van der Waals surface area contributed by atoms with Crippen molar-refractivity contribution in [1.82, 2.24) is 4.72 Å². The molecule has 116 valence electrons. The van der Waals surface area contributed by atoms with Gasteiger partial charge in [0.15, 0.2) is 0 Å². The third-order valence-electron chi connectivity index (χ3n) is 3.51. The molecule has 0 bridgehead atoms. The average molecular weight is 309 g/mol. The fourth-order valence-corrected chi connectivity index (χ4v) is 3.38. The van der Waals surface area contributed by atoms with Crippen molar-refractivity contribution < 1.29 is 13.5 Å². The van der Waals surface area contributed by atoms with Crippen LogP contribution >= 0.6 is 0 Å². The molecule has 0 saturated carbocycles. The van der Waals surface area contributed by atoms with Crippen LogP contribution < -0.4 is 4.72 Å². The number of sulfonamides is 1. The predicted octanol–water partition coefficient (Wildman–Crippen LogP) is 2.05. The van der Waals surface area contributed by atoms with Gasteiger partial charge in [-0.1, -0.05) is 44.6 Å². The van der Waals surface area contributed by atoms with Crippen molar-refractivity contribution in [3.05, 3.63) is 29.3 Å². The molecule has 0 radical (unpaired) electrons. The highest BCUT2D eigenvalue weighted by Gasteiger charge is 2.18. The minimum atomic E-state index is -3.53. The van der Waals surface area contributed by atoms with E-state index in [4.69, 9.17) is 5.11 Å². The summed E-state index contributed by atoms with van der Waals surface area (Å²) in [6, 6.07) is 5.03. The zero-order valence-electron chi connectivity index (χ0n) is 12.8. The van der Waals surface area contributed by atoms with Crippen molar-refractivity contribution in [3.8, 4) is 11.8 Å². The molecule has 0 spiro atoms. The smallest absolute Gasteiger partial charge is 0.240 e. The van der Waals surface area contributed by atoms with Gasteiger partial charge in [-0.15, -0.1) is 0 Å². The first-order valence-electron chi connectivity index (χ1n) is 7.14. The maximum atomic E-state index is 12.4. The Morgan fingerprint density at radius 3 is 2.52 bits per heavy atom. The maximum absolute atomic E-state index is 12.4. The second-order valence-electron chi connectivity index (χ2n) is 4.97. The molecule has 1 rings (SSSR count). The van der Waals surface area contributed by atoms with Crippen LogP contribution in [0.5, 0.6) is 0 Å². The Morgan fingerprint density at radius 1 is 1.29 bits per heavy atom. The molecular weight excluding hydrogens is 286 g/mol.